The van der Waals surface area contributed by atoms with E-state index in [9.17, 15) is 9.59 Å². The number of nitrogens with two attached hydrogens (primary N) is 1. The number of carbonyl (C=O) groups is 2. The number of rotatable bonds is 5. The van der Waals surface area contributed by atoms with Crippen molar-refractivity contribution in [3.8, 4) is 0 Å². The van der Waals surface area contributed by atoms with Crippen molar-refractivity contribution in [2.45, 2.75) is 13.3 Å². The number of halogens is 1. The summed E-state index contributed by atoms with van der Waals surface area (Å²) < 4.78 is 0. The van der Waals surface area contributed by atoms with Crippen LogP contribution in [0.1, 0.15) is 22.3 Å². The maximum atomic E-state index is 12.2. The Kier molecular flexibility index (Phi) is 5.73. The highest BCUT2D eigenvalue weighted by Crippen LogP contribution is 2.26. The summed E-state index contributed by atoms with van der Waals surface area (Å²) >= 11 is 6.16. The number of benzene rings is 2. The molecule has 120 valence electrons. The zero-order chi connectivity index (χ0) is 16.8. The Labute approximate surface area is 139 Å². The molecule has 23 heavy (non-hydrogen) atoms. The van der Waals surface area contributed by atoms with Crippen LogP contribution >= 0.6 is 11.6 Å². The molecule has 5 nitrogen and oxygen atoms in total. The Morgan fingerprint density at radius 2 is 1.91 bits per heavy atom. The van der Waals surface area contributed by atoms with Gasteiger partial charge in [-0.05, 0) is 37.3 Å². The van der Waals surface area contributed by atoms with E-state index in [1.54, 1.807) is 30.3 Å². The van der Waals surface area contributed by atoms with Crippen LogP contribution < -0.4 is 16.4 Å². The molecule has 0 aliphatic heterocycles. The van der Waals surface area contributed by atoms with Gasteiger partial charge < -0.3 is 16.4 Å². The van der Waals surface area contributed by atoms with Crippen molar-refractivity contribution in [1.29, 1.82) is 0 Å². The van der Waals surface area contributed by atoms with Crippen LogP contribution in [0.3, 0.4) is 0 Å². The van der Waals surface area contributed by atoms with Gasteiger partial charge in [-0.1, -0.05) is 29.3 Å². The van der Waals surface area contributed by atoms with Crippen LogP contribution in [-0.2, 0) is 4.79 Å². The monoisotopic (exact) mass is 331 g/mol. The molecule has 6 heteroatoms. The highest BCUT2D eigenvalue weighted by atomic mass is 35.5. The van der Waals surface area contributed by atoms with Gasteiger partial charge in [0, 0.05) is 24.2 Å². The number of hydrogen-bond acceptors (Lipinski definition) is 3. The third kappa shape index (κ3) is 4.81. The average Bonchev–Trinajstić information content (AvgIpc) is 2.50. The Bertz CT molecular complexity index is 732. The first-order chi connectivity index (χ1) is 11.0. The summed E-state index contributed by atoms with van der Waals surface area (Å²) in [5.41, 5.74) is 7.92. The lowest BCUT2D eigenvalue weighted by Crippen LogP contribution is -2.16. The zero-order valence-corrected chi connectivity index (χ0v) is 13.5. The summed E-state index contributed by atoms with van der Waals surface area (Å²) in [4.78, 5) is 23.7. The lowest BCUT2D eigenvalue weighted by atomic mass is 10.1. The molecular weight excluding hydrogens is 314 g/mol. The summed E-state index contributed by atoms with van der Waals surface area (Å²) in [7, 11) is 0. The first kappa shape index (κ1) is 17.0. The molecular formula is C17H18ClN3O2. The van der Waals surface area contributed by atoms with Gasteiger partial charge >= 0.3 is 0 Å². The minimum atomic E-state index is -0.240. The lowest BCUT2D eigenvalue weighted by Gasteiger charge is -2.10. The van der Waals surface area contributed by atoms with E-state index in [1.807, 2.05) is 19.1 Å². The van der Waals surface area contributed by atoms with Gasteiger partial charge in [-0.25, -0.2) is 0 Å². The Hall–Kier alpha value is -2.37. The van der Waals surface area contributed by atoms with Crippen molar-refractivity contribution in [2.75, 3.05) is 17.2 Å². The highest BCUT2D eigenvalue weighted by Gasteiger charge is 2.10. The molecule has 4 N–H and O–H groups in total. The predicted octanol–water partition coefficient (Wildman–Crippen LogP) is 3.19. The van der Waals surface area contributed by atoms with Gasteiger partial charge in [0.15, 0.2) is 0 Å². The van der Waals surface area contributed by atoms with Crippen molar-refractivity contribution in [1.82, 2.24) is 0 Å². The zero-order valence-electron chi connectivity index (χ0n) is 12.7. The van der Waals surface area contributed by atoms with E-state index < -0.39 is 0 Å². The van der Waals surface area contributed by atoms with E-state index in [1.165, 1.54) is 0 Å². The van der Waals surface area contributed by atoms with E-state index in [2.05, 4.69) is 10.6 Å². The van der Waals surface area contributed by atoms with Gasteiger partial charge in [0.05, 0.1) is 10.7 Å². The summed E-state index contributed by atoms with van der Waals surface area (Å²) in [6.45, 7) is 2.20. The second-order valence-corrected chi connectivity index (χ2v) is 5.51. The molecule has 2 aromatic rings. The van der Waals surface area contributed by atoms with E-state index in [-0.39, 0.29) is 24.8 Å². The molecule has 0 aliphatic rings. The SMILES string of the molecule is Cc1cccc(C(=O)Nc2ccc(NC(=O)CCN)cc2Cl)c1. The smallest absolute Gasteiger partial charge is 0.255 e. The predicted molar refractivity (Wildman–Crippen MR) is 92.9 cm³/mol. The lowest BCUT2D eigenvalue weighted by molar-refractivity contribution is -0.116. The summed E-state index contributed by atoms with van der Waals surface area (Å²) in [5.74, 6) is -0.421. The molecule has 0 bridgehead atoms. The number of hydrogen-bond donors (Lipinski definition) is 3. The number of aryl methyl sites for hydroxylation is 1. The number of anilines is 2. The highest BCUT2D eigenvalue weighted by molar-refractivity contribution is 6.34. The van der Waals surface area contributed by atoms with Crippen LogP contribution in [0.4, 0.5) is 11.4 Å². The molecule has 0 radical (unpaired) electrons. The van der Waals surface area contributed by atoms with Crippen molar-refractivity contribution in [3.05, 3.63) is 58.6 Å². The van der Waals surface area contributed by atoms with E-state index in [0.717, 1.165) is 5.56 Å². The molecule has 0 atom stereocenters. The number of carbonyl (C=O) groups excluding carboxylic acids is 2. The van der Waals surface area contributed by atoms with Crippen LogP contribution in [0.25, 0.3) is 0 Å². The molecule has 0 unspecified atom stereocenters. The topological polar surface area (TPSA) is 84.2 Å². The van der Waals surface area contributed by atoms with E-state index >= 15 is 0 Å². The van der Waals surface area contributed by atoms with Crippen LogP contribution in [0.5, 0.6) is 0 Å². The molecule has 0 fully saturated rings. The fourth-order valence-electron chi connectivity index (χ4n) is 2.03. The molecule has 2 amide bonds. The molecule has 0 aromatic heterocycles. The van der Waals surface area contributed by atoms with Gasteiger partial charge in [0.25, 0.3) is 5.91 Å². The fraction of sp³-hybridized carbons (Fsp3) is 0.176. The summed E-state index contributed by atoms with van der Waals surface area (Å²) in [6.07, 6.45) is 0.240. The average molecular weight is 332 g/mol. The van der Waals surface area contributed by atoms with E-state index in [4.69, 9.17) is 17.3 Å². The standard InChI is InChI=1S/C17H18ClN3O2/c1-11-3-2-4-12(9-11)17(23)21-15-6-5-13(10-14(15)18)20-16(22)7-8-19/h2-6,9-10H,7-8,19H2,1H3,(H,20,22)(H,21,23). The normalized spacial score (nSPS) is 10.2. The number of amides is 2. The summed E-state index contributed by atoms with van der Waals surface area (Å²) in [6, 6.07) is 12.2. The van der Waals surface area contributed by atoms with Gasteiger partial charge in [-0.15, -0.1) is 0 Å². The van der Waals surface area contributed by atoms with Crippen LogP contribution in [0.15, 0.2) is 42.5 Å². The quantitative estimate of drug-likeness (QED) is 0.786. The van der Waals surface area contributed by atoms with Gasteiger partial charge in [-0.3, -0.25) is 9.59 Å². The molecule has 0 spiro atoms. The third-order valence-corrected chi connectivity index (χ3v) is 3.47. The molecule has 0 saturated heterocycles. The maximum Gasteiger partial charge on any atom is 0.255 e. The largest absolute Gasteiger partial charge is 0.330 e. The van der Waals surface area contributed by atoms with Crippen LogP contribution in [0.2, 0.25) is 5.02 Å². The van der Waals surface area contributed by atoms with Crippen molar-refractivity contribution in [3.63, 3.8) is 0 Å². The van der Waals surface area contributed by atoms with Crippen LogP contribution in [-0.4, -0.2) is 18.4 Å². The van der Waals surface area contributed by atoms with Gasteiger partial charge in [-0.2, -0.15) is 0 Å². The Morgan fingerprint density at radius 3 is 2.57 bits per heavy atom. The third-order valence-electron chi connectivity index (χ3n) is 3.15. The van der Waals surface area contributed by atoms with Gasteiger partial charge in [0.1, 0.15) is 0 Å². The first-order valence-corrected chi connectivity index (χ1v) is 7.55. The van der Waals surface area contributed by atoms with Crippen molar-refractivity contribution < 1.29 is 9.59 Å². The van der Waals surface area contributed by atoms with Crippen molar-refractivity contribution >= 4 is 34.8 Å². The van der Waals surface area contributed by atoms with Crippen LogP contribution in [0, 0.1) is 6.92 Å². The first-order valence-electron chi connectivity index (χ1n) is 7.17. The molecule has 0 aliphatic carbocycles. The molecule has 2 aromatic carbocycles. The fourth-order valence-corrected chi connectivity index (χ4v) is 2.26. The summed E-state index contributed by atoms with van der Waals surface area (Å²) in [5, 5.41) is 5.79. The minimum Gasteiger partial charge on any atom is -0.330 e. The van der Waals surface area contributed by atoms with Crippen molar-refractivity contribution in [2.24, 2.45) is 5.73 Å². The van der Waals surface area contributed by atoms with Gasteiger partial charge in [0.2, 0.25) is 5.91 Å². The Morgan fingerprint density at radius 1 is 1.13 bits per heavy atom. The minimum absolute atomic E-state index is 0.180. The Balaban J connectivity index is 2.09. The van der Waals surface area contributed by atoms with E-state index in [0.29, 0.717) is 22.0 Å². The molecule has 0 saturated carbocycles. The second kappa shape index (κ2) is 7.76. The second-order valence-electron chi connectivity index (χ2n) is 5.11. The molecule has 2 rings (SSSR count). The maximum absolute atomic E-state index is 12.2. The molecule has 0 heterocycles. The number of nitrogens with one attached hydrogen (secondary N) is 2.